The maximum atomic E-state index is 14.0. The lowest BCUT2D eigenvalue weighted by Gasteiger charge is -2.32. The minimum Gasteiger partial charge on any atom is -0.316 e. The quantitative estimate of drug-likeness (QED) is 0.625. The van der Waals surface area contributed by atoms with Crippen LogP contribution in [0.4, 0.5) is 13.2 Å². The maximum absolute atomic E-state index is 14.0. The fraction of sp³-hybridized carbons (Fsp3) is 0.625. The normalized spacial score (nSPS) is 23.0. The molecule has 20 heavy (non-hydrogen) atoms. The van der Waals surface area contributed by atoms with E-state index in [2.05, 4.69) is 12.2 Å². The van der Waals surface area contributed by atoms with Crippen molar-refractivity contribution in [1.29, 1.82) is 0 Å². The molecular formula is C16H22F3N. The van der Waals surface area contributed by atoms with Crippen molar-refractivity contribution in [2.75, 3.05) is 13.1 Å². The third-order valence-corrected chi connectivity index (χ3v) is 4.21. The second-order valence-corrected chi connectivity index (χ2v) is 5.62. The Bertz CT molecular complexity index is 448. The van der Waals surface area contributed by atoms with E-state index in [9.17, 15) is 13.2 Å². The summed E-state index contributed by atoms with van der Waals surface area (Å²) in [7, 11) is 0. The van der Waals surface area contributed by atoms with E-state index in [1.165, 1.54) is 6.07 Å². The number of benzene rings is 1. The molecule has 2 atom stereocenters. The van der Waals surface area contributed by atoms with Crippen LogP contribution in [0.2, 0.25) is 0 Å². The van der Waals surface area contributed by atoms with Crippen LogP contribution in [0, 0.1) is 23.4 Å². The molecule has 0 spiro atoms. The average Bonchev–Trinajstić information content (AvgIpc) is 2.46. The van der Waals surface area contributed by atoms with Gasteiger partial charge >= 0.3 is 0 Å². The van der Waals surface area contributed by atoms with Crippen LogP contribution in [0.1, 0.15) is 50.5 Å². The van der Waals surface area contributed by atoms with Crippen molar-refractivity contribution in [3.05, 3.63) is 35.1 Å². The minimum atomic E-state index is -1.34. The SMILES string of the molecule is CCCNCC1CCCCC1c1ccc(F)c(F)c1F. The standard InChI is InChI=1S/C16H22F3N/c1-2-9-20-10-11-5-3-4-6-12(11)13-7-8-14(17)16(19)15(13)18/h7-8,11-12,20H,2-6,9-10H2,1H3. The molecule has 1 aromatic rings. The number of nitrogens with one attached hydrogen (secondary N) is 1. The Morgan fingerprint density at radius 2 is 1.85 bits per heavy atom. The van der Waals surface area contributed by atoms with Crippen molar-refractivity contribution in [3.8, 4) is 0 Å². The van der Waals surface area contributed by atoms with Gasteiger partial charge in [0, 0.05) is 0 Å². The molecule has 1 aliphatic rings. The van der Waals surface area contributed by atoms with Gasteiger partial charge in [0.05, 0.1) is 0 Å². The number of halogens is 3. The van der Waals surface area contributed by atoms with Crippen LogP contribution in [0.15, 0.2) is 12.1 Å². The molecule has 1 fully saturated rings. The van der Waals surface area contributed by atoms with Crippen LogP contribution < -0.4 is 5.32 Å². The summed E-state index contributed by atoms with van der Waals surface area (Å²) in [5, 5.41) is 3.36. The van der Waals surface area contributed by atoms with Gasteiger partial charge in [0.25, 0.3) is 0 Å². The fourth-order valence-corrected chi connectivity index (χ4v) is 3.15. The molecule has 112 valence electrons. The Labute approximate surface area is 118 Å². The molecule has 2 rings (SSSR count). The Hall–Kier alpha value is -1.03. The Balaban J connectivity index is 2.17. The van der Waals surface area contributed by atoms with Crippen LogP contribution >= 0.6 is 0 Å². The van der Waals surface area contributed by atoms with Gasteiger partial charge < -0.3 is 5.32 Å². The molecule has 1 N–H and O–H groups in total. The molecule has 0 radical (unpaired) electrons. The third kappa shape index (κ3) is 3.35. The zero-order chi connectivity index (χ0) is 14.5. The van der Waals surface area contributed by atoms with Crippen molar-refractivity contribution in [2.45, 2.75) is 44.9 Å². The molecule has 1 aliphatic carbocycles. The van der Waals surface area contributed by atoms with Crippen molar-refractivity contribution < 1.29 is 13.2 Å². The lowest BCUT2D eigenvalue weighted by atomic mass is 9.75. The lowest BCUT2D eigenvalue weighted by molar-refractivity contribution is 0.287. The van der Waals surface area contributed by atoms with Gasteiger partial charge in [-0.15, -0.1) is 0 Å². The molecule has 1 saturated carbocycles. The highest BCUT2D eigenvalue weighted by molar-refractivity contribution is 5.25. The van der Waals surface area contributed by atoms with Crippen molar-refractivity contribution in [1.82, 2.24) is 5.32 Å². The van der Waals surface area contributed by atoms with Gasteiger partial charge in [0.1, 0.15) is 0 Å². The topological polar surface area (TPSA) is 12.0 Å². The van der Waals surface area contributed by atoms with Gasteiger partial charge in [-0.3, -0.25) is 0 Å². The molecule has 0 heterocycles. The van der Waals surface area contributed by atoms with Gasteiger partial charge in [0.15, 0.2) is 17.5 Å². The summed E-state index contributed by atoms with van der Waals surface area (Å²) in [6.07, 6.45) is 5.06. The maximum Gasteiger partial charge on any atom is 0.194 e. The second kappa shape index (κ2) is 7.11. The van der Waals surface area contributed by atoms with E-state index < -0.39 is 17.5 Å². The first-order valence-corrected chi connectivity index (χ1v) is 7.49. The monoisotopic (exact) mass is 285 g/mol. The molecule has 1 aromatic carbocycles. The Kier molecular flexibility index (Phi) is 5.46. The van der Waals surface area contributed by atoms with Crippen LogP contribution in [0.3, 0.4) is 0 Å². The summed E-state index contributed by atoms with van der Waals surface area (Å²) in [5.41, 5.74) is 0.340. The van der Waals surface area contributed by atoms with E-state index in [0.717, 1.165) is 51.3 Å². The van der Waals surface area contributed by atoms with Crippen molar-refractivity contribution in [3.63, 3.8) is 0 Å². The largest absolute Gasteiger partial charge is 0.316 e. The first-order chi connectivity index (χ1) is 9.65. The van der Waals surface area contributed by atoms with E-state index in [4.69, 9.17) is 0 Å². The first kappa shape index (κ1) is 15.4. The van der Waals surface area contributed by atoms with Gasteiger partial charge in [-0.2, -0.15) is 0 Å². The first-order valence-electron chi connectivity index (χ1n) is 7.49. The average molecular weight is 285 g/mol. The second-order valence-electron chi connectivity index (χ2n) is 5.62. The zero-order valence-corrected chi connectivity index (χ0v) is 11.9. The molecule has 0 aliphatic heterocycles. The van der Waals surface area contributed by atoms with E-state index >= 15 is 0 Å². The minimum absolute atomic E-state index is 0.0109. The number of hydrogen-bond acceptors (Lipinski definition) is 1. The Morgan fingerprint density at radius 1 is 1.10 bits per heavy atom. The molecule has 1 nitrogen and oxygen atoms in total. The van der Waals surface area contributed by atoms with Crippen LogP contribution in [-0.2, 0) is 0 Å². The molecule has 0 amide bonds. The summed E-state index contributed by atoms with van der Waals surface area (Å²) in [6, 6.07) is 2.45. The highest BCUT2D eigenvalue weighted by atomic mass is 19.2. The molecule has 0 aromatic heterocycles. The summed E-state index contributed by atoms with van der Waals surface area (Å²) < 4.78 is 40.4. The van der Waals surface area contributed by atoms with Gasteiger partial charge in [-0.05, 0) is 55.8 Å². The van der Waals surface area contributed by atoms with Gasteiger partial charge in [0.2, 0.25) is 0 Å². The highest BCUT2D eigenvalue weighted by Crippen LogP contribution is 2.39. The lowest BCUT2D eigenvalue weighted by Crippen LogP contribution is -2.30. The smallest absolute Gasteiger partial charge is 0.194 e. The number of rotatable bonds is 5. The Morgan fingerprint density at radius 3 is 2.60 bits per heavy atom. The molecular weight excluding hydrogens is 263 g/mol. The van der Waals surface area contributed by atoms with Gasteiger partial charge in [-0.1, -0.05) is 25.8 Å². The highest BCUT2D eigenvalue weighted by Gasteiger charge is 2.29. The van der Waals surface area contributed by atoms with Crippen molar-refractivity contribution in [2.24, 2.45) is 5.92 Å². The summed E-state index contributed by atoms with van der Waals surface area (Å²) >= 11 is 0. The third-order valence-electron chi connectivity index (χ3n) is 4.21. The predicted molar refractivity (Wildman–Crippen MR) is 74.2 cm³/mol. The zero-order valence-electron chi connectivity index (χ0n) is 11.9. The fourth-order valence-electron chi connectivity index (χ4n) is 3.15. The van der Waals surface area contributed by atoms with Crippen molar-refractivity contribution >= 4 is 0 Å². The van der Waals surface area contributed by atoms with E-state index in [1.807, 2.05) is 0 Å². The summed E-state index contributed by atoms with van der Waals surface area (Å²) in [4.78, 5) is 0. The molecule has 0 saturated heterocycles. The predicted octanol–water partition coefficient (Wildman–Crippen LogP) is 4.38. The van der Waals surface area contributed by atoms with E-state index in [0.29, 0.717) is 11.5 Å². The van der Waals surface area contributed by atoms with Crippen LogP contribution in [-0.4, -0.2) is 13.1 Å². The number of hydrogen-bond donors (Lipinski definition) is 1. The van der Waals surface area contributed by atoms with E-state index in [-0.39, 0.29) is 5.92 Å². The summed E-state index contributed by atoms with van der Waals surface area (Å²) in [5.74, 6) is -3.16. The van der Waals surface area contributed by atoms with E-state index in [1.54, 1.807) is 0 Å². The van der Waals surface area contributed by atoms with Crippen LogP contribution in [0.25, 0.3) is 0 Å². The molecule has 2 unspecified atom stereocenters. The molecule has 4 heteroatoms. The van der Waals surface area contributed by atoms with Gasteiger partial charge in [-0.25, -0.2) is 13.2 Å². The van der Waals surface area contributed by atoms with Crippen LogP contribution in [0.5, 0.6) is 0 Å². The molecule has 0 bridgehead atoms. The summed E-state index contributed by atoms with van der Waals surface area (Å²) in [6.45, 7) is 3.85.